The predicted octanol–water partition coefficient (Wildman–Crippen LogP) is 0.162. The van der Waals surface area contributed by atoms with Gasteiger partial charge >= 0.3 is 0 Å². The quantitative estimate of drug-likeness (QED) is 0.750. The molecule has 2 rings (SSSR count). The molecule has 1 fully saturated rings. The second kappa shape index (κ2) is 5.04. The Kier molecular flexibility index (Phi) is 3.47. The molecule has 1 aliphatic heterocycles. The van der Waals surface area contributed by atoms with E-state index in [0.717, 1.165) is 44.1 Å². The van der Waals surface area contributed by atoms with Crippen LogP contribution in [0.1, 0.15) is 12.0 Å². The minimum atomic E-state index is 0.502. The van der Waals surface area contributed by atoms with E-state index in [4.69, 9.17) is 10.5 Å². The zero-order chi connectivity index (χ0) is 10.5. The molecule has 0 aliphatic carbocycles. The zero-order valence-corrected chi connectivity index (χ0v) is 8.72. The molecule has 1 saturated heterocycles. The van der Waals surface area contributed by atoms with E-state index < -0.39 is 0 Å². The van der Waals surface area contributed by atoms with Crippen LogP contribution in [0, 0.1) is 0 Å². The summed E-state index contributed by atoms with van der Waals surface area (Å²) in [5.41, 5.74) is 6.72. The normalized spacial score (nSPS) is 17.5. The molecular weight excluding hydrogens is 192 g/mol. The summed E-state index contributed by atoms with van der Waals surface area (Å²) in [4.78, 5) is 2.20. The summed E-state index contributed by atoms with van der Waals surface area (Å²) >= 11 is 0. The average molecular weight is 208 g/mol. The first-order valence-electron chi connectivity index (χ1n) is 5.25. The van der Waals surface area contributed by atoms with Crippen LogP contribution in [0.5, 0.6) is 0 Å². The SMILES string of the molecule is NCc1ccnnc1N1CCCOCC1. The molecular formula is C10H16N4O. The molecule has 5 nitrogen and oxygen atoms in total. The van der Waals surface area contributed by atoms with Crippen molar-refractivity contribution in [3.63, 3.8) is 0 Å². The van der Waals surface area contributed by atoms with Gasteiger partial charge in [0.2, 0.25) is 0 Å². The van der Waals surface area contributed by atoms with Crippen molar-refractivity contribution < 1.29 is 4.74 Å². The molecule has 1 aliphatic rings. The van der Waals surface area contributed by atoms with Gasteiger partial charge in [0.1, 0.15) is 0 Å². The van der Waals surface area contributed by atoms with E-state index >= 15 is 0 Å². The molecule has 0 aromatic carbocycles. The monoisotopic (exact) mass is 208 g/mol. The molecule has 15 heavy (non-hydrogen) atoms. The third-order valence-corrected chi connectivity index (χ3v) is 2.52. The Balaban J connectivity index is 2.18. The van der Waals surface area contributed by atoms with Gasteiger partial charge in [0.25, 0.3) is 0 Å². The van der Waals surface area contributed by atoms with Gasteiger partial charge in [-0.2, -0.15) is 5.10 Å². The lowest BCUT2D eigenvalue weighted by molar-refractivity contribution is 0.152. The summed E-state index contributed by atoms with van der Waals surface area (Å²) in [5.74, 6) is 0.908. The Hall–Kier alpha value is -1.20. The molecule has 0 radical (unpaired) electrons. The first kappa shape index (κ1) is 10.3. The number of aromatic nitrogens is 2. The van der Waals surface area contributed by atoms with Gasteiger partial charge < -0.3 is 15.4 Å². The Morgan fingerprint density at radius 2 is 2.33 bits per heavy atom. The smallest absolute Gasteiger partial charge is 0.155 e. The lowest BCUT2D eigenvalue weighted by Crippen LogP contribution is -2.28. The highest BCUT2D eigenvalue weighted by Crippen LogP contribution is 2.16. The van der Waals surface area contributed by atoms with E-state index in [2.05, 4.69) is 15.1 Å². The van der Waals surface area contributed by atoms with E-state index in [9.17, 15) is 0 Å². The molecule has 0 amide bonds. The molecule has 2 N–H and O–H groups in total. The molecule has 0 unspecified atom stereocenters. The van der Waals surface area contributed by atoms with Crippen LogP contribution in [0.3, 0.4) is 0 Å². The van der Waals surface area contributed by atoms with Crippen molar-refractivity contribution in [2.45, 2.75) is 13.0 Å². The van der Waals surface area contributed by atoms with Crippen LogP contribution in [0.25, 0.3) is 0 Å². The van der Waals surface area contributed by atoms with Crippen molar-refractivity contribution in [2.75, 3.05) is 31.2 Å². The number of nitrogens with zero attached hydrogens (tertiary/aromatic N) is 3. The minimum absolute atomic E-state index is 0.502. The van der Waals surface area contributed by atoms with Crippen molar-refractivity contribution in [3.8, 4) is 0 Å². The van der Waals surface area contributed by atoms with Gasteiger partial charge in [0.15, 0.2) is 5.82 Å². The summed E-state index contributed by atoms with van der Waals surface area (Å²) in [7, 11) is 0. The van der Waals surface area contributed by atoms with Gasteiger partial charge in [-0.25, -0.2) is 0 Å². The fourth-order valence-corrected chi connectivity index (χ4v) is 1.73. The molecule has 0 spiro atoms. The van der Waals surface area contributed by atoms with Crippen molar-refractivity contribution >= 4 is 5.82 Å². The first-order chi connectivity index (χ1) is 7.42. The van der Waals surface area contributed by atoms with Crippen LogP contribution in [0.4, 0.5) is 5.82 Å². The second-order valence-corrected chi connectivity index (χ2v) is 3.54. The predicted molar refractivity (Wildman–Crippen MR) is 57.6 cm³/mol. The maximum Gasteiger partial charge on any atom is 0.155 e. The highest BCUT2D eigenvalue weighted by molar-refractivity contribution is 5.45. The first-order valence-corrected chi connectivity index (χ1v) is 5.25. The molecule has 1 aromatic rings. The van der Waals surface area contributed by atoms with Crippen LogP contribution in [0.2, 0.25) is 0 Å². The molecule has 5 heteroatoms. The number of rotatable bonds is 2. The highest BCUT2D eigenvalue weighted by atomic mass is 16.5. The lowest BCUT2D eigenvalue weighted by atomic mass is 10.2. The fourth-order valence-electron chi connectivity index (χ4n) is 1.73. The standard InChI is InChI=1S/C10H16N4O/c11-8-9-2-3-12-13-10(9)14-4-1-6-15-7-5-14/h2-3H,1,4-8,11H2. The van der Waals surface area contributed by atoms with Gasteiger partial charge in [0.05, 0.1) is 12.8 Å². The number of anilines is 1. The van der Waals surface area contributed by atoms with Gasteiger partial charge in [-0.1, -0.05) is 0 Å². The van der Waals surface area contributed by atoms with Gasteiger partial charge in [0, 0.05) is 31.8 Å². The zero-order valence-electron chi connectivity index (χ0n) is 8.72. The Morgan fingerprint density at radius 1 is 1.40 bits per heavy atom. The molecule has 1 aromatic heterocycles. The van der Waals surface area contributed by atoms with Crippen molar-refractivity contribution in [1.29, 1.82) is 0 Å². The molecule has 2 heterocycles. The largest absolute Gasteiger partial charge is 0.380 e. The molecule has 0 bridgehead atoms. The van der Waals surface area contributed by atoms with E-state index in [1.807, 2.05) is 6.07 Å². The summed E-state index contributed by atoms with van der Waals surface area (Å²) < 4.78 is 5.40. The summed E-state index contributed by atoms with van der Waals surface area (Å²) in [6.07, 6.45) is 2.71. The highest BCUT2D eigenvalue weighted by Gasteiger charge is 2.14. The van der Waals surface area contributed by atoms with E-state index in [-0.39, 0.29) is 0 Å². The Morgan fingerprint density at radius 3 is 3.20 bits per heavy atom. The average Bonchev–Trinajstić information content (AvgIpc) is 2.57. The van der Waals surface area contributed by atoms with Crippen LogP contribution >= 0.6 is 0 Å². The maximum atomic E-state index is 5.67. The third kappa shape index (κ3) is 2.43. The van der Waals surface area contributed by atoms with E-state index in [1.54, 1.807) is 6.20 Å². The number of hydrogen-bond acceptors (Lipinski definition) is 5. The van der Waals surface area contributed by atoms with Gasteiger partial charge in [-0.15, -0.1) is 5.10 Å². The van der Waals surface area contributed by atoms with E-state index in [1.165, 1.54) is 0 Å². The molecule has 0 atom stereocenters. The second-order valence-electron chi connectivity index (χ2n) is 3.54. The minimum Gasteiger partial charge on any atom is -0.380 e. The number of ether oxygens (including phenoxy) is 1. The topological polar surface area (TPSA) is 64.3 Å². The van der Waals surface area contributed by atoms with Crippen molar-refractivity contribution in [3.05, 3.63) is 17.8 Å². The van der Waals surface area contributed by atoms with Gasteiger partial charge in [-0.3, -0.25) is 0 Å². The van der Waals surface area contributed by atoms with Crippen LogP contribution in [-0.4, -0.2) is 36.5 Å². The molecule has 82 valence electrons. The number of nitrogens with two attached hydrogens (primary N) is 1. The summed E-state index contributed by atoms with van der Waals surface area (Å²) in [5, 5.41) is 8.07. The van der Waals surface area contributed by atoms with Crippen LogP contribution in [0.15, 0.2) is 12.3 Å². The maximum absolute atomic E-state index is 5.67. The lowest BCUT2D eigenvalue weighted by Gasteiger charge is -2.22. The van der Waals surface area contributed by atoms with E-state index in [0.29, 0.717) is 6.54 Å². The number of hydrogen-bond donors (Lipinski definition) is 1. The van der Waals surface area contributed by atoms with Crippen molar-refractivity contribution in [1.82, 2.24) is 10.2 Å². The van der Waals surface area contributed by atoms with Crippen LogP contribution < -0.4 is 10.6 Å². The summed E-state index contributed by atoms with van der Waals surface area (Å²) in [6.45, 7) is 3.91. The third-order valence-electron chi connectivity index (χ3n) is 2.52. The summed E-state index contributed by atoms with van der Waals surface area (Å²) in [6, 6.07) is 1.92. The Labute approximate surface area is 89.2 Å². The molecule has 0 saturated carbocycles. The van der Waals surface area contributed by atoms with Crippen LogP contribution in [-0.2, 0) is 11.3 Å². The Bertz CT molecular complexity index is 310. The van der Waals surface area contributed by atoms with Crippen molar-refractivity contribution in [2.24, 2.45) is 5.73 Å². The fraction of sp³-hybridized carbons (Fsp3) is 0.600. The van der Waals surface area contributed by atoms with Gasteiger partial charge in [-0.05, 0) is 12.5 Å².